The maximum absolute atomic E-state index is 4.21. The lowest BCUT2D eigenvalue weighted by Gasteiger charge is -2.02. The smallest absolute Gasteiger partial charge is 0.0887 e. The summed E-state index contributed by atoms with van der Waals surface area (Å²) >= 11 is 0. The average Bonchev–Trinajstić information content (AvgIpc) is 2.20. The van der Waals surface area contributed by atoms with Crippen molar-refractivity contribution in [2.45, 2.75) is 0 Å². The molecule has 0 spiro atoms. The van der Waals surface area contributed by atoms with Gasteiger partial charge in [-0.05, 0) is 12.5 Å². The van der Waals surface area contributed by atoms with E-state index in [4.69, 9.17) is 0 Å². The van der Waals surface area contributed by atoms with Gasteiger partial charge in [0, 0.05) is 18.0 Å². The van der Waals surface area contributed by atoms with Crippen LogP contribution in [0, 0.1) is 6.92 Å². The molecule has 2 nitrogen and oxygen atoms in total. The highest BCUT2D eigenvalue weighted by Gasteiger charge is 2.00. The van der Waals surface area contributed by atoms with E-state index in [0.717, 1.165) is 16.8 Å². The zero-order valence-electron chi connectivity index (χ0n) is 7.14. The van der Waals surface area contributed by atoms with Gasteiger partial charge in [0.05, 0.1) is 11.9 Å². The fourth-order valence-corrected chi connectivity index (χ4v) is 1.21. The molecule has 0 N–H and O–H groups in total. The van der Waals surface area contributed by atoms with Crippen LogP contribution in [-0.4, -0.2) is 9.97 Å². The Balaban J connectivity index is 2.54. The largest absolute Gasteiger partial charge is 0.261 e. The molecule has 63 valence electrons. The summed E-state index contributed by atoms with van der Waals surface area (Å²) in [7, 11) is 0. The highest BCUT2D eigenvalue weighted by molar-refractivity contribution is 5.63. The minimum atomic E-state index is 0.869. The number of rotatable bonds is 1. The summed E-state index contributed by atoms with van der Waals surface area (Å²) in [5.41, 5.74) is 2.88. The Labute approximate surface area is 77.3 Å². The molecular formula is C11H9N2. The molecule has 2 aromatic rings. The molecule has 0 fully saturated rings. The second kappa shape index (κ2) is 3.35. The van der Waals surface area contributed by atoms with Crippen molar-refractivity contribution in [1.82, 2.24) is 9.97 Å². The van der Waals surface area contributed by atoms with Crippen molar-refractivity contribution in [2.24, 2.45) is 0 Å². The number of benzene rings is 1. The first kappa shape index (κ1) is 7.92. The summed E-state index contributed by atoms with van der Waals surface area (Å²) < 4.78 is 0. The molecule has 2 heteroatoms. The van der Waals surface area contributed by atoms with E-state index in [9.17, 15) is 0 Å². The molecular weight excluding hydrogens is 160 g/mol. The fraction of sp³-hybridized carbons (Fsp3) is 0. The Hall–Kier alpha value is -1.70. The summed E-state index contributed by atoms with van der Waals surface area (Å²) in [6, 6.07) is 7.89. The Bertz CT molecular complexity index is 396. The molecule has 1 aromatic carbocycles. The van der Waals surface area contributed by atoms with Gasteiger partial charge in [0.15, 0.2) is 0 Å². The van der Waals surface area contributed by atoms with Crippen molar-refractivity contribution in [3.05, 3.63) is 55.3 Å². The van der Waals surface area contributed by atoms with Gasteiger partial charge in [0.25, 0.3) is 0 Å². The van der Waals surface area contributed by atoms with Crippen molar-refractivity contribution in [1.29, 1.82) is 0 Å². The van der Waals surface area contributed by atoms with E-state index in [-0.39, 0.29) is 0 Å². The van der Waals surface area contributed by atoms with Gasteiger partial charge in [0.2, 0.25) is 0 Å². The van der Waals surface area contributed by atoms with E-state index in [1.165, 1.54) is 0 Å². The van der Waals surface area contributed by atoms with Crippen LogP contribution < -0.4 is 0 Å². The highest BCUT2D eigenvalue weighted by Crippen LogP contribution is 2.18. The number of aromatic nitrogens is 2. The first-order valence-electron chi connectivity index (χ1n) is 4.05. The lowest BCUT2D eigenvalue weighted by atomic mass is 10.1. The Morgan fingerprint density at radius 1 is 1.08 bits per heavy atom. The Morgan fingerprint density at radius 2 is 1.92 bits per heavy atom. The highest BCUT2D eigenvalue weighted by atomic mass is 14.8. The molecule has 0 amide bonds. The molecule has 0 saturated heterocycles. The molecule has 13 heavy (non-hydrogen) atoms. The van der Waals surface area contributed by atoms with Gasteiger partial charge in [-0.3, -0.25) is 9.97 Å². The third kappa shape index (κ3) is 1.56. The molecule has 0 bridgehead atoms. The molecule has 0 aliphatic heterocycles. The van der Waals surface area contributed by atoms with Crippen LogP contribution in [-0.2, 0) is 0 Å². The normalized spacial score (nSPS) is 9.92. The van der Waals surface area contributed by atoms with Gasteiger partial charge in [0.1, 0.15) is 0 Å². The zero-order valence-corrected chi connectivity index (χ0v) is 7.14. The van der Waals surface area contributed by atoms with Gasteiger partial charge in [-0.25, -0.2) is 0 Å². The molecule has 0 atom stereocenters. The SMILES string of the molecule is [CH2]c1ccccc1-c1cnccn1. The van der Waals surface area contributed by atoms with Crippen molar-refractivity contribution in [3.8, 4) is 11.3 Å². The van der Waals surface area contributed by atoms with Crippen LogP contribution in [0.3, 0.4) is 0 Å². The summed E-state index contributed by atoms with van der Waals surface area (Å²) in [4.78, 5) is 8.22. The molecule has 2 rings (SSSR count). The minimum absolute atomic E-state index is 0.869. The van der Waals surface area contributed by atoms with Crippen molar-refractivity contribution < 1.29 is 0 Å². The third-order valence-electron chi connectivity index (χ3n) is 1.86. The van der Waals surface area contributed by atoms with Crippen molar-refractivity contribution in [3.63, 3.8) is 0 Å². The molecule has 0 aliphatic rings. The van der Waals surface area contributed by atoms with Crippen LogP contribution in [0.4, 0.5) is 0 Å². The van der Waals surface area contributed by atoms with Crippen LogP contribution in [0.15, 0.2) is 42.9 Å². The lowest BCUT2D eigenvalue weighted by molar-refractivity contribution is 1.20. The maximum atomic E-state index is 4.21. The maximum Gasteiger partial charge on any atom is 0.0887 e. The summed E-state index contributed by atoms with van der Waals surface area (Å²) in [6.07, 6.45) is 5.08. The third-order valence-corrected chi connectivity index (χ3v) is 1.86. The molecule has 1 radical (unpaired) electrons. The number of hydrogen-bond acceptors (Lipinski definition) is 2. The second-order valence-corrected chi connectivity index (χ2v) is 2.75. The van der Waals surface area contributed by atoms with Crippen molar-refractivity contribution >= 4 is 0 Å². The fourth-order valence-electron chi connectivity index (χ4n) is 1.21. The van der Waals surface area contributed by atoms with E-state index in [0.29, 0.717) is 0 Å². The summed E-state index contributed by atoms with van der Waals surface area (Å²) in [5.74, 6) is 0. The molecule has 1 aromatic heterocycles. The zero-order chi connectivity index (χ0) is 9.10. The predicted octanol–water partition coefficient (Wildman–Crippen LogP) is 2.33. The van der Waals surface area contributed by atoms with Crippen LogP contribution in [0.25, 0.3) is 11.3 Å². The standard InChI is InChI=1S/C11H9N2/c1-9-4-2-3-5-10(9)11-8-12-6-7-13-11/h2-8H,1H2. The number of nitrogens with zero attached hydrogens (tertiary/aromatic N) is 2. The van der Waals surface area contributed by atoms with Gasteiger partial charge in [-0.15, -0.1) is 0 Å². The second-order valence-electron chi connectivity index (χ2n) is 2.75. The molecule has 0 saturated carbocycles. The van der Waals surface area contributed by atoms with Crippen LogP contribution >= 0.6 is 0 Å². The van der Waals surface area contributed by atoms with Crippen LogP contribution in [0.5, 0.6) is 0 Å². The van der Waals surface area contributed by atoms with E-state index >= 15 is 0 Å². The topological polar surface area (TPSA) is 25.8 Å². The van der Waals surface area contributed by atoms with E-state index in [2.05, 4.69) is 16.9 Å². The molecule has 0 aliphatic carbocycles. The quantitative estimate of drug-likeness (QED) is 0.654. The Morgan fingerprint density at radius 3 is 2.62 bits per heavy atom. The molecule has 1 heterocycles. The van der Waals surface area contributed by atoms with Gasteiger partial charge < -0.3 is 0 Å². The summed E-state index contributed by atoms with van der Waals surface area (Å²) in [6.45, 7) is 3.93. The van der Waals surface area contributed by atoms with E-state index < -0.39 is 0 Å². The van der Waals surface area contributed by atoms with Crippen LogP contribution in [0.1, 0.15) is 5.56 Å². The Kier molecular flexibility index (Phi) is 2.04. The average molecular weight is 169 g/mol. The van der Waals surface area contributed by atoms with E-state index in [1.54, 1.807) is 18.6 Å². The van der Waals surface area contributed by atoms with Crippen LogP contribution in [0.2, 0.25) is 0 Å². The summed E-state index contributed by atoms with van der Waals surface area (Å²) in [5, 5.41) is 0. The first-order chi connectivity index (χ1) is 6.38. The molecule has 0 unspecified atom stereocenters. The lowest BCUT2D eigenvalue weighted by Crippen LogP contribution is -1.86. The van der Waals surface area contributed by atoms with E-state index in [1.807, 2.05) is 24.3 Å². The first-order valence-corrected chi connectivity index (χ1v) is 4.05. The van der Waals surface area contributed by atoms with Gasteiger partial charge in [-0.2, -0.15) is 0 Å². The minimum Gasteiger partial charge on any atom is -0.261 e. The monoisotopic (exact) mass is 169 g/mol. The van der Waals surface area contributed by atoms with Gasteiger partial charge >= 0.3 is 0 Å². The number of hydrogen-bond donors (Lipinski definition) is 0. The van der Waals surface area contributed by atoms with Gasteiger partial charge in [-0.1, -0.05) is 24.3 Å². The predicted molar refractivity (Wildman–Crippen MR) is 51.9 cm³/mol. The van der Waals surface area contributed by atoms with Crippen molar-refractivity contribution in [2.75, 3.05) is 0 Å².